The highest BCUT2D eigenvalue weighted by molar-refractivity contribution is 7.80. The van der Waals surface area contributed by atoms with Crippen molar-refractivity contribution < 1.29 is 0 Å². The highest BCUT2D eigenvalue weighted by atomic mass is 32.1. The topological polar surface area (TPSA) is 3.24 Å². The van der Waals surface area contributed by atoms with Crippen molar-refractivity contribution in [1.82, 2.24) is 4.90 Å². The van der Waals surface area contributed by atoms with Crippen LogP contribution in [-0.4, -0.2) is 29.8 Å². The second-order valence-electron chi connectivity index (χ2n) is 5.43. The zero-order chi connectivity index (χ0) is 11.3. The quantitative estimate of drug-likeness (QED) is 0.492. The van der Waals surface area contributed by atoms with E-state index in [9.17, 15) is 0 Å². The molecule has 1 rings (SSSR count). The van der Waals surface area contributed by atoms with Crippen LogP contribution in [0, 0.1) is 5.41 Å². The molecule has 1 fully saturated rings. The van der Waals surface area contributed by atoms with Gasteiger partial charge in [0.05, 0.1) is 0 Å². The SMILES string of the molecule is CCCCCN(CC1(CS)CC1)C(C)C. The Balaban J connectivity index is 2.30. The van der Waals surface area contributed by atoms with Crippen molar-refractivity contribution in [3.8, 4) is 0 Å². The predicted octanol–water partition coefficient (Wildman–Crippen LogP) is 3.60. The van der Waals surface area contributed by atoms with Crippen LogP contribution < -0.4 is 0 Å². The Hall–Kier alpha value is 0.310. The maximum Gasteiger partial charge on any atom is 0.00485 e. The summed E-state index contributed by atoms with van der Waals surface area (Å²) in [7, 11) is 0. The summed E-state index contributed by atoms with van der Waals surface area (Å²) in [6.07, 6.45) is 6.85. The molecule has 0 aliphatic heterocycles. The third-order valence-corrected chi connectivity index (χ3v) is 4.28. The van der Waals surface area contributed by atoms with Crippen molar-refractivity contribution in [2.75, 3.05) is 18.8 Å². The lowest BCUT2D eigenvalue weighted by molar-refractivity contribution is 0.182. The van der Waals surface area contributed by atoms with E-state index < -0.39 is 0 Å². The van der Waals surface area contributed by atoms with Crippen LogP contribution in [-0.2, 0) is 0 Å². The molecule has 0 saturated heterocycles. The first kappa shape index (κ1) is 13.4. The molecule has 0 heterocycles. The molecule has 15 heavy (non-hydrogen) atoms. The maximum absolute atomic E-state index is 4.49. The van der Waals surface area contributed by atoms with Gasteiger partial charge in [-0.1, -0.05) is 19.8 Å². The Kier molecular flexibility index (Phi) is 5.48. The molecular weight excluding hydrogens is 202 g/mol. The number of hydrogen-bond donors (Lipinski definition) is 1. The van der Waals surface area contributed by atoms with E-state index in [1.165, 1.54) is 45.2 Å². The summed E-state index contributed by atoms with van der Waals surface area (Å²) in [5.74, 6) is 1.07. The van der Waals surface area contributed by atoms with Gasteiger partial charge in [0, 0.05) is 12.6 Å². The van der Waals surface area contributed by atoms with E-state index in [0.717, 1.165) is 5.75 Å². The fourth-order valence-electron chi connectivity index (χ4n) is 2.06. The summed E-state index contributed by atoms with van der Waals surface area (Å²) >= 11 is 4.49. The predicted molar refractivity (Wildman–Crippen MR) is 71.8 cm³/mol. The Morgan fingerprint density at radius 1 is 1.27 bits per heavy atom. The summed E-state index contributed by atoms with van der Waals surface area (Å²) in [6, 6.07) is 0.694. The molecule has 1 aliphatic carbocycles. The summed E-state index contributed by atoms with van der Waals surface area (Å²) in [4.78, 5) is 2.65. The van der Waals surface area contributed by atoms with Crippen molar-refractivity contribution in [3.05, 3.63) is 0 Å². The van der Waals surface area contributed by atoms with Crippen molar-refractivity contribution in [2.45, 2.75) is 58.9 Å². The van der Waals surface area contributed by atoms with Crippen molar-refractivity contribution in [3.63, 3.8) is 0 Å². The standard InChI is InChI=1S/C13H27NS/c1-4-5-6-9-14(12(2)3)10-13(11-15)7-8-13/h12,15H,4-11H2,1-3H3. The van der Waals surface area contributed by atoms with Crippen LogP contribution in [0.4, 0.5) is 0 Å². The van der Waals surface area contributed by atoms with Gasteiger partial charge in [-0.2, -0.15) is 12.6 Å². The Morgan fingerprint density at radius 2 is 1.93 bits per heavy atom. The molecule has 1 saturated carbocycles. The van der Waals surface area contributed by atoms with E-state index >= 15 is 0 Å². The van der Waals surface area contributed by atoms with Crippen LogP contribution in [0.25, 0.3) is 0 Å². The van der Waals surface area contributed by atoms with Crippen LogP contribution >= 0.6 is 12.6 Å². The second-order valence-corrected chi connectivity index (χ2v) is 5.75. The van der Waals surface area contributed by atoms with Gasteiger partial charge in [-0.05, 0) is 50.8 Å². The van der Waals surface area contributed by atoms with Gasteiger partial charge >= 0.3 is 0 Å². The zero-order valence-corrected chi connectivity index (χ0v) is 11.5. The van der Waals surface area contributed by atoms with E-state index in [1.807, 2.05) is 0 Å². The maximum atomic E-state index is 4.49. The van der Waals surface area contributed by atoms with Crippen molar-refractivity contribution in [2.24, 2.45) is 5.41 Å². The highest BCUT2D eigenvalue weighted by Gasteiger charge is 2.42. The third kappa shape index (κ3) is 4.36. The van der Waals surface area contributed by atoms with Crippen LogP contribution in [0.1, 0.15) is 52.9 Å². The first-order valence-electron chi connectivity index (χ1n) is 6.48. The summed E-state index contributed by atoms with van der Waals surface area (Å²) < 4.78 is 0. The van der Waals surface area contributed by atoms with Gasteiger partial charge in [0.25, 0.3) is 0 Å². The van der Waals surface area contributed by atoms with E-state index in [1.54, 1.807) is 0 Å². The fraction of sp³-hybridized carbons (Fsp3) is 1.00. The smallest absolute Gasteiger partial charge is 0.00485 e. The average molecular weight is 229 g/mol. The summed E-state index contributed by atoms with van der Waals surface area (Å²) in [5, 5.41) is 0. The van der Waals surface area contributed by atoms with Gasteiger partial charge in [0.15, 0.2) is 0 Å². The average Bonchev–Trinajstić information content (AvgIpc) is 2.97. The van der Waals surface area contributed by atoms with Crippen LogP contribution in [0.5, 0.6) is 0 Å². The molecule has 0 aromatic rings. The number of nitrogens with zero attached hydrogens (tertiary/aromatic N) is 1. The number of hydrogen-bond acceptors (Lipinski definition) is 2. The molecule has 0 aromatic carbocycles. The lowest BCUT2D eigenvalue weighted by Gasteiger charge is -2.30. The molecule has 0 spiro atoms. The monoisotopic (exact) mass is 229 g/mol. The largest absolute Gasteiger partial charge is 0.300 e. The Morgan fingerprint density at radius 3 is 2.33 bits per heavy atom. The molecular formula is C13H27NS. The normalized spacial score (nSPS) is 18.8. The van der Waals surface area contributed by atoms with Crippen molar-refractivity contribution >= 4 is 12.6 Å². The van der Waals surface area contributed by atoms with Gasteiger partial charge in [-0.15, -0.1) is 0 Å². The number of rotatable bonds is 8. The van der Waals surface area contributed by atoms with Gasteiger partial charge < -0.3 is 4.90 Å². The van der Waals surface area contributed by atoms with E-state index in [4.69, 9.17) is 0 Å². The Labute approximate surface area is 101 Å². The molecule has 90 valence electrons. The number of unbranched alkanes of at least 4 members (excludes halogenated alkanes) is 2. The minimum atomic E-state index is 0.583. The van der Waals surface area contributed by atoms with Gasteiger partial charge in [-0.3, -0.25) is 0 Å². The van der Waals surface area contributed by atoms with Gasteiger partial charge in [0.2, 0.25) is 0 Å². The number of thiol groups is 1. The third-order valence-electron chi connectivity index (χ3n) is 3.61. The van der Waals surface area contributed by atoms with Gasteiger partial charge in [-0.25, -0.2) is 0 Å². The summed E-state index contributed by atoms with van der Waals surface area (Å²) in [6.45, 7) is 9.47. The minimum absolute atomic E-state index is 0.583. The Bertz CT molecular complexity index is 175. The molecule has 0 aromatic heterocycles. The zero-order valence-electron chi connectivity index (χ0n) is 10.6. The highest BCUT2D eigenvalue weighted by Crippen LogP contribution is 2.47. The molecule has 0 bridgehead atoms. The molecule has 0 unspecified atom stereocenters. The summed E-state index contributed by atoms with van der Waals surface area (Å²) in [5.41, 5.74) is 0.583. The van der Waals surface area contributed by atoms with Crippen molar-refractivity contribution in [1.29, 1.82) is 0 Å². The molecule has 1 aliphatic rings. The molecule has 0 radical (unpaired) electrons. The van der Waals surface area contributed by atoms with Crippen LogP contribution in [0.3, 0.4) is 0 Å². The van der Waals surface area contributed by atoms with E-state index in [2.05, 4.69) is 38.3 Å². The first-order chi connectivity index (χ1) is 7.13. The van der Waals surface area contributed by atoms with E-state index in [-0.39, 0.29) is 0 Å². The second kappa shape index (κ2) is 6.15. The van der Waals surface area contributed by atoms with Crippen LogP contribution in [0.15, 0.2) is 0 Å². The molecule has 0 atom stereocenters. The molecule has 0 N–H and O–H groups in total. The van der Waals surface area contributed by atoms with Gasteiger partial charge in [0.1, 0.15) is 0 Å². The molecule has 2 heteroatoms. The van der Waals surface area contributed by atoms with Crippen LogP contribution in [0.2, 0.25) is 0 Å². The van der Waals surface area contributed by atoms with E-state index in [0.29, 0.717) is 11.5 Å². The first-order valence-corrected chi connectivity index (χ1v) is 7.12. The molecule has 0 amide bonds. The molecule has 1 nitrogen and oxygen atoms in total. The fourth-order valence-corrected chi connectivity index (χ4v) is 2.47. The lowest BCUT2D eigenvalue weighted by Crippen LogP contribution is -2.37. The minimum Gasteiger partial charge on any atom is -0.300 e. The lowest BCUT2D eigenvalue weighted by atomic mass is 10.1.